The number of aromatic amines is 1. The van der Waals surface area contributed by atoms with Crippen LogP contribution in [0.4, 0.5) is 8.78 Å². The molecule has 3 N–H and O–H groups in total. The third-order valence-electron chi connectivity index (χ3n) is 5.74. The Morgan fingerprint density at radius 2 is 2.06 bits per heavy atom. The van der Waals surface area contributed by atoms with Crippen LogP contribution in [0.25, 0.3) is 22.0 Å². The van der Waals surface area contributed by atoms with Gasteiger partial charge in [-0.05, 0) is 36.0 Å². The van der Waals surface area contributed by atoms with Gasteiger partial charge in [0.25, 0.3) is 11.8 Å². The third-order valence-corrected chi connectivity index (χ3v) is 5.74. The average Bonchev–Trinajstić information content (AvgIpc) is 3.24. The minimum absolute atomic E-state index is 0.123. The van der Waals surface area contributed by atoms with Crippen LogP contribution < -0.4 is 5.32 Å². The number of hydrogen-bond acceptors (Lipinski definition) is 6. The first-order chi connectivity index (χ1) is 16.4. The number of nitrogens with zero attached hydrogens (tertiary/aromatic N) is 4. The van der Waals surface area contributed by atoms with Crippen LogP contribution in [0.2, 0.25) is 0 Å². The summed E-state index contributed by atoms with van der Waals surface area (Å²) >= 11 is 0. The molecule has 0 atom stereocenters. The standard InChI is InChI=1S/C24H25F2N7O/c1-28-14-19(4-7-27)30-23(34)22-20-11-17(2-3-21(20)31-32-22)18-10-16(12-29-13-18)15-33-8-5-24(25,26)6-9-33/h2-3,7,10-14,27H,1,4-6,8-9,15H2,(H,30,34)(H,31,32)/b19-14+,27-7?. The van der Waals surface area contributed by atoms with E-state index in [2.05, 4.69) is 32.2 Å². The topological polar surface area (TPSA) is 110 Å². The minimum atomic E-state index is -2.57. The molecule has 0 radical (unpaired) electrons. The number of H-pyrrole nitrogens is 1. The van der Waals surface area contributed by atoms with E-state index in [1.165, 1.54) is 6.20 Å². The van der Waals surface area contributed by atoms with Gasteiger partial charge in [-0.2, -0.15) is 5.10 Å². The molecule has 1 saturated heterocycles. The van der Waals surface area contributed by atoms with E-state index in [1.54, 1.807) is 12.4 Å². The van der Waals surface area contributed by atoms with E-state index in [1.807, 2.05) is 29.2 Å². The van der Waals surface area contributed by atoms with Gasteiger partial charge >= 0.3 is 0 Å². The molecule has 1 amide bonds. The van der Waals surface area contributed by atoms with Crippen molar-refractivity contribution < 1.29 is 13.6 Å². The summed E-state index contributed by atoms with van der Waals surface area (Å²) in [6, 6.07) is 7.60. The van der Waals surface area contributed by atoms with Gasteiger partial charge in [0.1, 0.15) is 0 Å². The molecule has 1 aliphatic rings. The zero-order valence-corrected chi connectivity index (χ0v) is 18.5. The second-order valence-electron chi connectivity index (χ2n) is 8.25. The Labute approximate surface area is 195 Å². The number of hydrogen-bond donors (Lipinski definition) is 3. The Balaban J connectivity index is 1.55. The van der Waals surface area contributed by atoms with E-state index < -0.39 is 11.8 Å². The highest BCUT2D eigenvalue weighted by Crippen LogP contribution is 2.29. The predicted octanol–water partition coefficient (Wildman–Crippen LogP) is 4.17. The summed E-state index contributed by atoms with van der Waals surface area (Å²) in [5.41, 5.74) is 4.00. The van der Waals surface area contributed by atoms with Crippen molar-refractivity contribution in [1.82, 2.24) is 25.4 Å². The largest absolute Gasteiger partial charge is 0.322 e. The summed E-state index contributed by atoms with van der Waals surface area (Å²) in [7, 11) is 0. The molecule has 4 rings (SSSR count). The number of likely N-dealkylation sites (tertiary alicyclic amines) is 1. The van der Waals surface area contributed by atoms with E-state index in [0.717, 1.165) is 22.9 Å². The van der Waals surface area contributed by atoms with Crippen LogP contribution in [0.15, 0.2) is 53.5 Å². The number of rotatable bonds is 8. The van der Waals surface area contributed by atoms with Crippen LogP contribution in [0.5, 0.6) is 0 Å². The van der Waals surface area contributed by atoms with Crippen molar-refractivity contribution in [2.75, 3.05) is 13.1 Å². The van der Waals surface area contributed by atoms with Gasteiger partial charge < -0.3 is 10.7 Å². The summed E-state index contributed by atoms with van der Waals surface area (Å²) in [5.74, 6) is -2.99. The molecule has 3 heterocycles. The molecule has 8 nitrogen and oxygen atoms in total. The van der Waals surface area contributed by atoms with Crippen LogP contribution in [0, 0.1) is 5.41 Å². The Bertz CT molecular complexity index is 1240. The molecule has 1 aliphatic heterocycles. The zero-order chi connectivity index (χ0) is 24.1. The maximum Gasteiger partial charge on any atom is 0.276 e. The lowest BCUT2D eigenvalue weighted by Gasteiger charge is -2.31. The molecule has 0 unspecified atom stereocenters. The van der Waals surface area contributed by atoms with Crippen LogP contribution >= 0.6 is 0 Å². The Morgan fingerprint density at radius 3 is 2.79 bits per heavy atom. The van der Waals surface area contributed by atoms with Crippen molar-refractivity contribution >= 4 is 29.7 Å². The lowest BCUT2D eigenvalue weighted by atomic mass is 10.0. The first kappa shape index (κ1) is 23.4. The summed E-state index contributed by atoms with van der Waals surface area (Å²) in [5, 5.41) is 17.6. The van der Waals surface area contributed by atoms with Crippen LogP contribution in [-0.2, 0) is 6.54 Å². The number of piperidine rings is 1. The molecule has 0 bridgehead atoms. The fraction of sp³-hybridized carbons (Fsp3) is 0.292. The van der Waals surface area contributed by atoms with Gasteiger partial charge in [0.05, 0.1) is 5.52 Å². The summed E-state index contributed by atoms with van der Waals surface area (Å²) in [4.78, 5) is 22.8. The van der Waals surface area contributed by atoms with Crippen molar-refractivity contribution in [2.45, 2.75) is 31.7 Å². The maximum atomic E-state index is 13.4. The van der Waals surface area contributed by atoms with Crippen LogP contribution in [0.1, 0.15) is 35.3 Å². The molecule has 2 aromatic heterocycles. The first-order valence-electron chi connectivity index (χ1n) is 10.9. The van der Waals surface area contributed by atoms with Gasteiger partial charge in [0.2, 0.25) is 0 Å². The van der Waals surface area contributed by atoms with Crippen molar-refractivity contribution in [3.63, 3.8) is 0 Å². The van der Waals surface area contributed by atoms with E-state index in [4.69, 9.17) is 5.41 Å². The third kappa shape index (κ3) is 5.40. The number of pyridine rings is 1. The summed E-state index contributed by atoms with van der Waals surface area (Å²) < 4.78 is 26.9. The normalized spacial score (nSPS) is 16.4. The fourth-order valence-corrected chi connectivity index (χ4v) is 3.96. The number of aromatic nitrogens is 3. The van der Waals surface area contributed by atoms with Gasteiger partial charge in [-0.3, -0.25) is 24.8 Å². The zero-order valence-electron chi connectivity index (χ0n) is 18.5. The molecular weight excluding hydrogens is 440 g/mol. The highest BCUT2D eigenvalue weighted by atomic mass is 19.3. The second kappa shape index (κ2) is 10.0. The molecule has 34 heavy (non-hydrogen) atoms. The SMILES string of the molecule is C=N/C=C(\CC=N)NC(=O)c1n[nH]c2ccc(-c3cncc(CN4CCC(F)(F)CC4)c3)cc12. The number of aliphatic imine (C=N–C) groups is 1. The van der Waals surface area contributed by atoms with Crippen molar-refractivity contribution in [1.29, 1.82) is 5.41 Å². The smallest absolute Gasteiger partial charge is 0.276 e. The summed E-state index contributed by atoms with van der Waals surface area (Å²) in [6.45, 7) is 4.64. The second-order valence-corrected chi connectivity index (χ2v) is 8.25. The molecule has 0 saturated carbocycles. The van der Waals surface area contributed by atoms with Crippen LogP contribution in [-0.4, -0.2) is 57.9 Å². The van der Waals surface area contributed by atoms with Gasteiger partial charge in [-0.15, -0.1) is 0 Å². The predicted molar refractivity (Wildman–Crippen MR) is 127 cm³/mol. The fourth-order valence-electron chi connectivity index (χ4n) is 3.96. The number of allylic oxidation sites excluding steroid dienone is 1. The number of fused-ring (bicyclic) bond motifs is 1. The van der Waals surface area contributed by atoms with Gasteiger partial charge in [0.15, 0.2) is 5.69 Å². The molecule has 10 heteroatoms. The highest BCUT2D eigenvalue weighted by molar-refractivity contribution is 6.06. The van der Waals surface area contributed by atoms with Crippen LogP contribution in [0.3, 0.4) is 0 Å². The molecule has 0 aliphatic carbocycles. The Kier molecular flexibility index (Phi) is 6.87. The average molecular weight is 466 g/mol. The van der Waals surface area contributed by atoms with E-state index in [0.29, 0.717) is 36.2 Å². The molecule has 0 spiro atoms. The maximum absolute atomic E-state index is 13.4. The van der Waals surface area contributed by atoms with Crippen molar-refractivity contribution in [2.24, 2.45) is 4.99 Å². The molecule has 3 aromatic rings. The highest BCUT2D eigenvalue weighted by Gasteiger charge is 2.33. The van der Waals surface area contributed by atoms with E-state index >= 15 is 0 Å². The first-order valence-corrected chi connectivity index (χ1v) is 10.9. The van der Waals surface area contributed by atoms with Crippen molar-refractivity contribution in [3.8, 4) is 11.1 Å². The molecular formula is C24H25F2N7O. The molecule has 1 aromatic carbocycles. The summed E-state index contributed by atoms with van der Waals surface area (Å²) in [6.07, 6.45) is 6.00. The van der Waals surface area contributed by atoms with E-state index in [-0.39, 0.29) is 25.0 Å². The number of alkyl halides is 2. The minimum Gasteiger partial charge on any atom is -0.322 e. The Hall–Kier alpha value is -3.79. The van der Waals surface area contributed by atoms with Gasteiger partial charge in [-0.25, -0.2) is 8.78 Å². The van der Waals surface area contributed by atoms with Gasteiger partial charge in [0, 0.05) is 80.4 Å². The lowest BCUT2D eigenvalue weighted by Crippen LogP contribution is -2.38. The van der Waals surface area contributed by atoms with E-state index in [9.17, 15) is 13.6 Å². The number of halogens is 2. The van der Waals surface area contributed by atoms with Crippen molar-refractivity contribution in [3.05, 3.63) is 59.8 Å². The quantitative estimate of drug-likeness (QED) is 0.434. The number of carbonyl (C=O) groups excluding carboxylic acids is 1. The molecule has 1 fully saturated rings. The Morgan fingerprint density at radius 1 is 1.26 bits per heavy atom. The number of amides is 1. The number of carbonyl (C=O) groups is 1. The molecule has 176 valence electrons. The van der Waals surface area contributed by atoms with Gasteiger partial charge in [-0.1, -0.05) is 6.07 Å². The number of benzene rings is 1. The monoisotopic (exact) mass is 465 g/mol. The lowest BCUT2D eigenvalue weighted by molar-refractivity contribution is -0.0566. The number of nitrogens with one attached hydrogen (secondary N) is 3.